The highest BCUT2D eigenvalue weighted by Gasteiger charge is 2.12. The Kier molecular flexibility index (Phi) is 4.05. The van der Waals surface area contributed by atoms with Crippen LogP contribution in [0.5, 0.6) is 0 Å². The van der Waals surface area contributed by atoms with Gasteiger partial charge in [-0.3, -0.25) is 14.9 Å². The molecule has 0 bridgehead atoms. The van der Waals surface area contributed by atoms with Crippen LogP contribution < -0.4 is 5.32 Å². The molecule has 1 aromatic carbocycles. The molecule has 0 spiro atoms. The summed E-state index contributed by atoms with van der Waals surface area (Å²) >= 11 is 0. The van der Waals surface area contributed by atoms with Crippen LogP contribution in [0.25, 0.3) is 11.5 Å². The van der Waals surface area contributed by atoms with Crippen LogP contribution in [0.4, 0.5) is 14.5 Å². The second-order valence-corrected chi connectivity index (χ2v) is 4.67. The number of H-pyrrole nitrogens is 1. The monoisotopic (exact) mass is 315 g/mol. The minimum Gasteiger partial charge on any atom is -0.323 e. The first-order chi connectivity index (χ1) is 11.1. The van der Waals surface area contributed by atoms with E-state index in [0.717, 1.165) is 12.1 Å². The summed E-state index contributed by atoms with van der Waals surface area (Å²) in [7, 11) is 0. The van der Waals surface area contributed by atoms with Crippen molar-refractivity contribution in [3.63, 3.8) is 0 Å². The van der Waals surface area contributed by atoms with Gasteiger partial charge in [-0.05, 0) is 24.3 Å². The number of aromatic amines is 1. The van der Waals surface area contributed by atoms with Gasteiger partial charge in [0, 0.05) is 12.3 Å². The summed E-state index contributed by atoms with van der Waals surface area (Å²) in [6.07, 6.45) is 1.48. The number of halogens is 2. The number of pyridine rings is 1. The Balaban J connectivity index is 1.68. The van der Waals surface area contributed by atoms with E-state index in [9.17, 15) is 13.6 Å². The van der Waals surface area contributed by atoms with Gasteiger partial charge < -0.3 is 5.32 Å². The second kappa shape index (κ2) is 6.30. The molecular weight excluding hydrogens is 304 g/mol. The predicted molar refractivity (Wildman–Crippen MR) is 78.3 cm³/mol. The first-order valence-corrected chi connectivity index (χ1v) is 6.69. The summed E-state index contributed by atoms with van der Waals surface area (Å²) in [4.78, 5) is 20.1. The zero-order valence-corrected chi connectivity index (χ0v) is 11.8. The molecule has 0 atom stereocenters. The molecule has 0 aliphatic carbocycles. The molecule has 8 heteroatoms. The fourth-order valence-electron chi connectivity index (χ4n) is 1.92. The molecule has 3 aromatic rings. The van der Waals surface area contributed by atoms with Crippen molar-refractivity contribution in [1.29, 1.82) is 0 Å². The lowest BCUT2D eigenvalue weighted by molar-refractivity contribution is -0.115. The Morgan fingerprint density at radius 3 is 2.83 bits per heavy atom. The summed E-state index contributed by atoms with van der Waals surface area (Å²) in [6.45, 7) is 0. The van der Waals surface area contributed by atoms with Crippen LogP contribution in [-0.2, 0) is 11.2 Å². The number of hydrogen-bond donors (Lipinski definition) is 2. The van der Waals surface area contributed by atoms with Crippen LogP contribution >= 0.6 is 0 Å². The van der Waals surface area contributed by atoms with Gasteiger partial charge in [-0.1, -0.05) is 6.07 Å². The fourth-order valence-corrected chi connectivity index (χ4v) is 1.92. The molecule has 3 rings (SSSR count). The van der Waals surface area contributed by atoms with E-state index in [1.807, 2.05) is 0 Å². The highest BCUT2D eigenvalue weighted by Crippen LogP contribution is 2.15. The largest absolute Gasteiger partial charge is 0.323 e. The summed E-state index contributed by atoms with van der Waals surface area (Å²) in [5.41, 5.74) is 0.473. The third kappa shape index (κ3) is 3.54. The number of amides is 1. The van der Waals surface area contributed by atoms with E-state index >= 15 is 0 Å². The number of nitrogens with one attached hydrogen (secondary N) is 2. The molecule has 0 fully saturated rings. The highest BCUT2D eigenvalue weighted by molar-refractivity contribution is 5.91. The Morgan fingerprint density at radius 1 is 1.22 bits per heavy atom. The van der Waals surface area contributed by atoms with Crippen molar-refractivity contribution in [3.05, 3.63) is 60.1 Å². The molecule has 0 aliphatic heterocycles. The lowest BCUT2D eigenvalue weighted by Gasteiger charge is -2.05. The van der Waals surface area contributed by atoms with Gasteiger partial charge in [-0.15, -0.1) is 0 Å². The van der Waals surface area contributed by atoms with Crippen molar-refractivity contribution < 1.29 is 13.6 Å². The zero-order chi connectivity index (χ0) is 16.2. The van der Waals surface area contributed by atoms with Gasteiger partial charge in [0.2, 0.25) is 5.91 Å². The van der Waals surface area contributed by atoms with Gasteiger partial charge in [-0.2, -0.15) is 5.10 Å². The maximum atomic E-state index is 13.5. The molecule has 0 radical (unpaired) electrons. The van der Waals surface area contributed by atoms with E-state index in [1.165, 1.54) is 0 Å². The second-order valence-electron chi connectivity index (χ2n) is 4.67. The van der Waals surface area contributed by atoms with E-state index in [4.69, 9.17) is 0 Å². The van der Waals surface area contributed by atoms with Crippen LogP contribution in [0.3, 0.4) is 0 Å². The minimum absolute atomic E-state index is 0.0964. The SMILES string of the molecule is O=C(Cc1nc(-c2ccccn2)n[nH]1)Nc1ccc(F)cc1F. The Bertz CT molecular complexity index is 835. The smallest absolute Gasteiger partial charge is 0.232 e. The quantitative estimate of drug-likeness (QED) is 0.774. The molecule has 0 unspecified atom stereocenters. The predicted octanol–water partition coefficient (Wildman–Crippen LogP) is 2.33. The molecule has 23 heavy (non-hydrogen) atoms. The molecule has 0 saturated heterocycles. The number of benzene rings is 1. The van der Waals surface area contributed by atoms with Crippen LogP contribution in [0, 0.1) is 11.6 Å². The maximum absolute atomic E-state index is 13.5. The van der Waals surface area contributed by atoms with Crippen LogP contribution in [0.15, 0.2) is 42.6 Å². The number of hydrogen-bond acceptors (Lipinski definition) is 4. The molecule has 2 heterocycles. The fraction of sp³-hybridized carbons (Fsp3) is 0.0667. The Hall–Kier alpha value is -3.16. The average molecular weight is 315 g/mol. The highest BCUT2D eigenvalue weighted by atomic mass is 19.1. The molecule has 116 valence electrons. The summed E-state index contributed by atoms with van der Waals surface area (Å²) in [5, 5.41) is 8.95. The number of anilines is 1. The number of nitrogens with zero attached hydrogens (tertiary/aromatic N) is 3. The van der Waals surface area contributed by atoms with Gasteiger partial charge >= 0.3 is 0 Å². The first-order valence-electron chi connectivity index (χ1n) is 6.69. The van der Waals surface area contributed by atoms with E-state index in [0.29, 0.717) is 23.4 Å². The average Bonchev–Trinajstić information content (AvgIpc) is 2.99. The number of rotatable bonds is 4. The van der Waals surface area contributed by atoms with Crippen molar-refractivity contribution in [2.75, 3.05) is 5.32 Å². The lowest BCUT2D eigenvalue weighted by Crippen LogP contribution is -2.16. The zero-order valence-electron chi connectivity index (χ0n) is 11.8. The molecule has 0 aliphatic rings. The van der Waals surface area contributed by atoms with Gasteiger partial charge in [-0.25, -0.2) is 13.8 Å². The van der Waals surface area contributed by atoms with Crippen molar-refractivity contribution in [2.45, 2.75) is 6.42 Å². The molecule has 0 saturated carbocycles. The minimum atomic E-state index is -0.843. The standard InChI is InChI=1S/C15H11F2N5O/c16-9-4-5-11(10(17)7-9)19-14(23)8-13-20-15(22-21-13)12-3-1-2-6-18-12/h1-7H,8H2,(H,19,23)(H,20,21,22). The van der Waals surface area contributed by atoms with E-state index in [2.05, 4.69) is 25.5 Å². The van der Waals surface area contributed by atoms with Crippen LogP contribution in [-0.4, -0.2) is 26.1 Å². The first kappa shape index (κ1) is 14.8. The molecule has 2 N–H and O–H groups in total. The van der Waals surface area contributed by atoms with E-state index in [1.54, 1.807) is 24.4 Å². The Labute approximate surface area is 129 Å². The summed E-state index contributed by atoms with van der Waals surface area (Å²) in [5.74, 6) is -1.38. The van der Waals surface area contributed by atoms with Crippen molar-refractivity contribution >= 4 is 11.6 Å². The lowest BCUT2D eigenvalue weighted by atomic mass is 10.3. The van der Waals surface area contributed by atoms with Crippen molar-refractivity contribution in [3.8, 4) is 11.5 Å². The van der Waals surface area contributed by atoms with Gasteiger partial charge in [0.1, 0.15) is 23.2 Å². The van der Waals surface area contributed by atoms with E-state index in [-0.39, 0.29) is 12.1 Å². The maximum Gasteiger partial charge on any atom is 0.232 e. The number of carbonyl (C=O) groups is 1. The van der Waals surface area contributed by atoms with Crippen LogP contribution in [0.2, 0.25) is 0 Å². The van der Waals surface area contributed by atoms with Crippen LogP contribution in [0.1, 0.15) is 5.82 Å². The number of carbonyl (C=O) groups excluding carboxylic acids is 1. The number of aromatic nitrogens is 4. The molecule has 6 nitrogen and oxygen atoms in total. The normalized spacial score (nSPS) is 10.5. The van der Waals surface area contributed by atoms with Crippen molar-refractivity contribution in [2.24, 2.45) is 0 Å². The van der Waals surface area contributed by atoms with Gasteiger partial charge in [0.25, 0.3) is 0 Å². The van der Waals surface area contributed by atoms with Gasteiger partial charge in [0.05, 0.1) is 12.1 Å². The topological polar surface area (TPSA) is 83.6 Å². The molecule has 1 amide bonds. The third-order valence-corrected chi connectivity index (χ3v) is 2.96. The Morgan fingerprint density at radius 2 is 2.09 bits per heavy atom. The summed E-state index contributed by atoms with van der Waals surface area (Å²) in [6, 6.07) is 8.21. The van der Waals surface area contributed by atoms with E-state index < -0.39 is 17.5 Å². The third-order valence-electron chi connectivity index (χ3n) is 2.96. The summed E-state index contributed by atoms with van der Waals surface area (Å²) < 4.78 is 26.3. The van der Waals surface area contributed by atoms with Crippen molar-refractivity contribution in [1.82, 2.24) is 20.2 Å². The molecule has 2 aromatic heterocycles. The van der Waals surface area contributed by atoms with Gasteiger partial charge in [0.15, 0.2) is 5.82 Å². The molecular formula is C15H11F2N5O.